The molecule has 2 rings (SSSR count). The maximum absolute atomic E-state index is 13.1. The molecule has 1 amide bonds. The van der Waals surface area contributed by atoms with Gasteiger partial charge in [-0.2, -0.15) is 0 Å². The number of rotatable bonds is 3. The van der Waals surface area contributed by atoms with Crippen LogP contribution in [0.5, 0.6) is 0 Å². The molecular weight excluding hydrogens is 348 g/mol. The van der Waals surface area contributed by atoms with Crippen LogP contribution in [0.2, 0.25) is 0 Å². The number of carbonyl (C=O) groups excluding carboxylic acids is 1. The van der Waals surface area contributed by atoms with Crippen molar-refractivity contribution in [2.75, 3.05) is 5.32 Å². The number of carboxylic acids is 1. The van der Waals surface area contributed by atoms with E-state index in [9.17, 15) is 18.4 Å². The van der Waals surface area contributed by atoms with Crippen LogP contribution >= 0.6 is 15.9 Å². The highest BCUT2D eigenvalue weighted by atomic mass is 79.9. The van der Waals surface area contributed by atoms with E-state index < -0.39 is 23.5 Å². The Balaban J connectivity index is 2.23. The normalized spacial score (nSPS) is 10.2. The van der Waals surface area contributed by atoms with E-state index in [0.717, 1.165) is 18.2 Å². The number of hydrogen-bond donors (Lipinski definition) is 2. The van der Waals surface area contributed by atoms with E-state index in [2.05, 4.69) is 21.2 Å². The van der Waals surface area contributed by atoms with E-state index in [1.54, 1.807) is 0 Å². The first-order valence-corrected chi connectivity index (χ1v) is 6.47. The Labute approximate surface area is 126 Å². The van der Waals surface area contributed by atoms with Crippen LogP contribution in [0.15, 0.2) is 40.9 Å². The fraction of sp³-hybridized carbons (Fsp3) is 0. The van der Waals surface area contributed by atoms with Crippen LogP contribution in [-0.4, -0.2) is 17.0 Å². The second-order valence-corrected chi connectivity index (χ2v) is 4.94. The van der Waals surface area contributed by atoms with Gasteiger partial charge in [-0.3, -0.25) is 4.79 Å². The SMILES string of the molecule is O=C(O)c1ccc(NC(=O)c2ccc(F)c(F)c2)c(Br)c1. The molecule has 0 bridgehead atoms. The Morgan fingerprint density at radius 1 is 1.00 bits per heavy atom. The molecule has 0 fully saturated rings. The van der Waals surface area contributed by atoms with E-state index in [1.807, 2.05) is 0 Å². The summed E-state index contributed by atoms with van der Waals surface area (Å²) in [5.74, 6) is -3.91. The molecule has 0 aliphatic heterocycles. The van der Waals surface area contributed by atoms with Gasteiger partial charge in [-0.05, 0) is 52.3 Å². The highest BCUT2D eigenvalue weighted by molar-refractivity contribution is 9.10. The molecule has 0 radical (unpaired) electrons. The lowest BCUT2D eigenvalue weighted by Crippen LogP contribution is -2.13. The lowest BCUT2D eigenvalue weighted by atomic mass is 10.1. The Morgan fingerprint density at radius 3 is 2.24 bits per heavy atom. The van der Waals surface area contributed by atoms with Crippen LogP contribution in [0, 0.1) is 11.6 Å². The standard InChI is InChI=1S/C14H8BrF2NO3/c15-9-5-8(14(20)21)2-4-12(9)18-13(19)7-1-3-10(16)11(17)6-7/h1-6H,(H,18,19)(H,20,21). The second-order valence-electron chi connectivity index (χ2n) is 4.08. The molecular formula is C14H8BrF2NO3. The number of benzene rings is 2. The van der Waals surface area contributed by atoms with Crippen molar-refractivity contribution in [3.05, 3.63) is 63.6 Å². The van der Waals surface area contributed by atoms with Crippen molar-refractivity contribution < 1.29 is 23.5 Å². The molecule has 108 valence electrons. The van der Waals surface area contributed by atoms with Gasteiger partial charge < -0.3 is 10.4 Å². The summed E-state index contributed by atoms with van der Waals surface area (Å²) in [6.07, 6.45) is 0. The van der Waals surface area contributed by atoms with Crippen LogP contribution in [-0.2, 0) is 0 Å². The van der Waals surface area contributed by atoms with Crippen molar-refractivity contribution in [3.63, 3.8) is 0 Å². The monoisotopic (exact) mass is 355 g/mol. The summed E-state index contributed by atoms with van der Waals surface area (Å²) in [4.78, 5) is 22.7. The summed E-state index contributed by atoms with van der Waals surface area (Å²) < 4.78 is 26.2. The molecule has 2 N–H and O–H groups in total. The third-order valence-corrected chi connectivity index (χ3v) is 3.30. The van der Waals surface area contributed by atoms with Gasteiger partial charge in [0.05, 0.1) is 11.3 Å². The van der Waals surface area contributed by atoms with Gasteiger partial charge in [0.2, 0.25) is 0 Å². The van der Waals surface area contributed by atoms with E-state index in [1.165, 1.54) is 18.2 Å². The summed E-state index contributed by atoms with van der Waals surface area (Å²) in [5.41, 5.74) is 0.311. The first-order chi connectivity index (χ1) is 9.88. The predicted octanol–water partition coefficient (Wildman–Crippen LogP) is 3.68. The first kappa shape index (κ1) is 15.1. The summed E-state index contributed by atoms with van der Waals surface area (Å²) in [7, 11) is 0. The van der Waals surface area contributed by atoms with E-state index >= 15 is 0 Å². The Bertz CT molecular complexity index is 734. The lowest BCUT2D eigenvalue weighted by Gasteiger charge is -2.08. The molecule has 0 spiro atoms. The number of hydrogen-bond acceptors (Lipinski definition) is 2. The minimum atomic E-state index is -1.12. The molecule has 2 aromatic rings. The number of carboxylic acid groups (broad SMARTS) is 1. The predicted molar refractivity (Wildman–Crippen MR) is 75.4 cm³/mol. The van der Waals surface area contributed by atoms with Crippen LogP contribution in [0.1, 0.15) is 20.7 Å². The zero-order valence-electron chi connectivity index (χ0n) is 10.4. The molecule has 0 unspecified atom stereocenters. The number of aromatic carboxylic acids is 1. The van der Waals surface area contributed by atoms with Crippen molar-refractivity contribution in [2.45, 2.75) is 0 Å². The Kier molecular flexibility index (Phi) is 4.32. The largest absolute Gasteiger partial charge is 0.478 e. The fourth-order valence-corrected chi connectivity index (χ4v) is 2.06. The van der Waals surface area contributed by atoms with E-state index in [-0.39, 0.29) is 11.1 Å². The number of anilines is 1. The molecule has 0 heterocycles. The first-order valence-electron chi connectivity index (χ1n) is 5.67. The van der Waals surface area contributed by atoms with Crippen LogP contribution in [0.3, 0.4) is 0 Å². The molecule has 7 heteroatoms. The van der Waals surface area contributed by atoms with Crippen molar-refractivity contribution in [1.82, 2.24) is 0 Å². The number of nitrogens with one attached hydrogen (secondary N) is 1. The molecule has 0 aromatic heterocycles. The molecule has 0 saturated carbocycles. The summed E-state index contributed by atoms with van der Waals surface area (Å²) in [6.45, 7) is 0. The van der Waals surface area contributed by atoms with Crippen LogP contribution < -0.4 is 5.32 Å². The van der Waals surface area contributed by atoms with Gasteiger partial charge in [0, 0.05) is 10.0 Å². The molecule has 0 aliphatic carbocycles. The van der Waals surface area contributed by atoms with Gasteiger partial charge in [-0.25, -0.2) is 13.6 Å². The average molecular weight is 356 g/mol. The Hall–Kier alpha value is -2.28. The maximum Gasteiger partial charge on any atom is 0.335 e. The number of halogens is 3. The highest BCUT2D eigenvalue weighted by Crippen LogP contribution is 2.24. The molecule has 2 aromatic carbocycles. The van der Waals surface area contributed by atoms with Gasteiger partial charge in [-0.15, -0.1) is 0 Å². The van der Waals surface area contributed by atoms with Crippen LogP contribution in [0.25, 0.3) is 0 Å². The second kappa shape index (κ2) is 6.01. The van der Waals surface area contributed by atoms with Crippen molar-refractivity contribution in [1.29, 1.82) is 0 Å². The highest BCUT2D eigenvalue weighted by Gasteiger charge is 2.12. The summed E-state index contributed by atoms with van der Waals surface area (Å²) in [6, 6.07) is 6.81. The number of carbonyl (C=O) groups is 2. The molecule has 0 aliphatic rings. The van der Waals surface area contributed by atoms with E-state index in [0.29, 0.717) is 10.2 Å². The van der Waals surface area contributed by atoms with E-state index in [4.69, 9.17) is 5.11 Å². The quantitative estimate of drug-likeness (QED) is 0.882. The molecule has 21 heavy (non-hydrogen) atoms. The average Bonchev–Trinajstić information content (AvgIpc) is 2.43. The molecule has 4 nitrogen and oxygen atoms in total. The number of amides is 1. The molecule has 0 atom stereocenters. The lowest BCUT2D eigenvalue weighted by molar-refractivity contribution is 0.0696. The minimum absolute atomic E-state index is 0.0488. The van der Waals surface area contributed by atoms with Gasteiger partial charge in [0.1, 0.15) is 0 Å². The topological polar surface area (TPSA) is 66.4 Å². The fourth-order valence-electron chi connectivity index (χ4n) is 1.58. The third kappa shape index (κ3) is 3.43. The molecule has 0 saturated heterocycles. The van der Waals surface area contributed by atoms with Gasteiger partial charge in [0.15, 0.2) is 11.6 Å². The third-order valence-electron chi connectivity index (χ3n) is 2.65. The van der Waals surface area contributed by atoms with Gasteiger partial charge in [-0.1, -0.05) is 0 Å². The van der Waals surface area contributed by atoms with Crippen LogP contribution in [0.4, 0.5) is 14.5 Å². The minimum Gasteiger partial charge on any atom is -0.478 e. The van der Waals surface area contributed by atoms with Gasteiger partial charge >= 0.3 is 5.97 Å². The smallest absolute Gasteiger partial charge is 0.335 e. The summed E-state index contributed by atoms with van der Waals surface area (Å²) in [5, 5.41) is 11.3. The zero-order valence-corrected chi connectivity index (χ0v) is 11.9. The Morgan fingerprint density at radius 2 is 1.67 bits per heavy atom. The van der Waals surface area contributed by atoms with Crippen molar-refractivity contribution >= 4 is 33.5 Å². The van der Waals surface area contributed by atoms with Gasteiger partial charge in [0.25, 0.3) is 5.91 Å². The van der Waals surface area contributed by atoms with Crippen molar-refractivity contribution in [2.24, 2.45) is 0 Å². The van der Waals surface area contributed by atoms with Crippen molar-refractivity contribution in [3.8, 4) is 0 Å². The zero-order chi connectivity index (χ0) is 15.6. The maximum atomic E-state index is 13.1. The summed E-state index contributed by atoms with van der Waals surface area (Å²) >= 11 is 3.13.